The molecule has 1 aromatic rings. The molecule has 27 heavy (non-hydrogen) atoms. The number of carbonyl (C=O) groups is 2. The monoisotopic (exact) mass is 369 g/mol. The molecule has 5 heteroatoms. The Morgan fingerprint density at radius 1 is 1.22 bits per heavy atom. The SMILES string of the molecule is C=CC(=O)N1CCN(Cc2cccc(NC(=O)C3CCCC(C)C3)c2)CC1. The number of rotatable bonds is 5. The van der Waals surface area contributed by atoms with Crippen LogP contribution >= 0.6 is 0 Å². The Kier molecular flexibility index (Phi) is 6.67. The van der Waals surface area contributed by atoms with Gasteiger partial charge in [-0.1, -0.05) is 38.5 Å². The summed E-state index contributed by atoms with van der Waals surface area (Å²) < 4.78 is 0. The summed E-state index contributed by atoms with van der Waals surface area (Å²) in [5.41, 5.74) is 2.07. The van der Waals surface area contributed by atoms with Gasteiger partial charge >= 0.3 is 0 Å². The van der Waals surface area contributed by atoms with Crippen molar-refractivity contribution >= 4 is 17.5 Å². The van der Waals surface area contributed by atoms with Crippen molar-refractivity contribution < 1.29 is 9.59 Å². The van der Waals surface area contributed by atoms with Gasteiger partial charge in [0.15, 0.2) is 0 Å². The quantitative estimate of drug-likeness (QED) is 0.811. The normalized spacial score (nSPS) is 23.7. The van der Waals surface area contributed by atoms with Crippen molar-refractivity contribution in [1.82, 2.24) is 9.80 Å². The summed E-state index contributed by atoms with van der Waals surface area (Å²) in [7, 11) is 0. The molecule has 1 saturated carbocycles. The van der Waals surface area contributed by atoms with Crippen LogP contribution in [0.2, 0.25) is 0 Å². The average Bonchev–Trinajstić information content (AvgIpc) is 2.68. The minimum absolute atomic E-state index is 0.0105. The zero-order valence-corrected chi connectivity index (χ0v) is 16.3. The summed E-state index contributed by atoms with van der Waals surface area (Å²) in [5, 5.41) is 3.12. The second kappa shape index (κ2) is 9.18. The Bertz CT molecular complexity index is 680. The Hall–Kier alpha value is -2.14. The lowest BCUT2D eigenvalue weighted by Crippen LogP contribution is -2.47. The van der Waals surface area contributed by atoms with Crippen molar-refractivity contribution in [3.05, 3.63) is 42.5 Å². The van der Waals surface area contributed by atoms with Crippen LogP contribution < -0.4 is 5.32 Å². The molecule has 0 bridgehead atoms. The average molecular weight is 370 g/mol. The van der Waals surface area contributed by atoms with Crippen LogP contribution in [0.3, 0.4) is 0 Å². The minimum atomic E-state index is 0.0105. The molecule has 2 amide bonds. The maximum atomic E-state index is 12.6. The van der Waals surface area contributed by atoms with Gasteiger partial charge < -0.3 is 10.2 Å². The molecule has 2 fully saturated rings. The van der Waals surface area contributed by atoms with E-state index in [9.17, 15) is 9.59 Å². The van der Waals surface area contributed by atoms with Gasteiger partial charge in [-0.3, -0.25) is 14.5 Å². The molecule has 1 heterocycles. The first kappa shape index (κ1) is 19.6. The van der Waals surface area contributed by atoms with Crippen LogP contribution in [-0.2, 0) is 16.1 Å². The van der Waals surface area contributed by atoms with Crippen LogP contribution in [0.1, 0.15) is 38.2 Å². The maximum Gasteiger partial charge on any atom is 0.246 e. The van der Waals surface area contributed by atoms with Gasteiger partial charge in [0, 0.05) is 44.3 Å². The molecule has 3 rings (SSSR count). The largest absolute Gasteiger partial charge is 0.337 e. The topological polar surface area (TPSA) is 52.7 Å². The van der Waals surface area contributed by atoms with Gasteiger partial charge in [-0.05, 0) is 42.5 Å². The predicted molar refractivity (Wildman–Crippen MR) is 108 cm³/mol. The second-order valence-corrected chi connectivity index (χ2v) is 7.96. The van der Waals surface area contributed by atoms with Crippen LogP contribution in [0.25, 0.3) is 0 Å². The van der Waals surface area contributed by atoms with Gasteiger partial charge in [0.05, 0.1) is 0 Å². The number of amides is 2. The van der Waals surface area contributed by atoms with Gasteiger partial charge in [0.1, 0.15) is 0 Å². The molecule has 2 atom stereocenters. The van der Waals surface area contributed by atoms with E-state index in [0.717, 1.165) is 57.7 Å². The molecule has 2 unspecified atom stereocenters. The summed E-state index contributed by atoms with van der Waals surface area (Å²) in [4.78, 5) is 28.4. The van der Waals surface area contributed by atoms with Gasteiger partial charge in [-0.15, -0.1) is 0 Å². The molecule has 2 aliphatic rings. The lowest BCUT2D eigenvalue weighted by atomic mass is 9.82. The summed E-state index contributed by atoms with van der Waals surface area (Å²) in [5.74, 6) is 0.965. The van der Waals surface area contributed by atoms with Gasteiger partial charge in [0.2, 0.25) is 11.8 Å². The molecule has 0 spiro atoms. The van der Waals surface area contributed by atoms with E-state index in [0.29, 0.717) is 5.92 Å². The molecule has 0 aromatic heterocycles. The van der Waals surface area contributed by atoms with Crippen LogP contribution in [0.4, 0.5) is 5.69 Å². The van der Waals surface area contributed by atoms with E-state index in [1.807, 2.05) is 17.0 Å². The molecule has 0 radical (unpaired) electrons. The first-order chi connectivity index (χ1) is 13.0. The number of piperazine rings is 1. The molecule has 1 aliphatic carbocycles. The number of carbonyl (C=O) groups excluding carboxylic acids is 2. The Morgan fingerprint density at radius 3 is 2.70 bits per heavy atom. The smallest absolute Gasteiger partial charge is 0.246 e. The van der Waals surface area contributed by atoms with Gasteiger partial charge in [-0.25, -0.2) is 0 Å². The summed E-state index contributed by atoms with van der Waals surface area (Å²) in [6.07, 6.45) is 5.78. The highest BCUT2D eigenvalue weighted by atomic mass is 16.2. The first-order valence-electron chi connectivity index (χ1n) is 10.1. The Morgan fingerprint density at radius 2 is 2.00 bits per heavy atom. The maximum absolute atomic E-state index is 12.6. The zero-order valence-electron chi connectivity index (χ0n) is 16.3. The van der Waals surface area contributed by atoms with Crippen molar-refractivity contribution in [3.8, 4) is 0 Å². The molecular weight excluding hydrogens is 338 g/mol. The standard InChI is InChI=1S/C22H31N3O2/c1-3-21(26)25-12-10-24(11-13-25)16-18-7-5-9-20(15-18)23-22(27)19-8-4-6-17(2)14-19/h3,5,7,9,15,17,19H,1,4,6,8,10-14,16H2,2H3,(H,23,27). The molecule has 1 saturated heterocycles. The lowest BCUT2D eigenvalue weighted by Gasteiger charge is -2.34. The Balaban J connectivity index is 1.52. The number of nitrogens with zero attached hydrogens (tertiary/aromatic N) is 2. The van der Waals surface area contributed by atoms with Crippen LogP contribution in [0.5, 0.6) is 0 Å². The van der Waals surface area contributed by atoms with Crippen molar-refractivity contribution in [2.75, 3.05) is 31.5 Å². The second-order valence-electron chi connectivity index (χ2n) is 7.96. The third kappa shape index (κ3) is 5.42. The highest BCUT2D eigenvalue weighted by Crippen LogP contribution is 2.29. The molecule has 1 aromatic carbocycles. The fraction of sp³-hybridized carbons (Fsp3) is 0.545. The van der Waals surface area contributed by atoms with E-state index >= 15 is 0 Å². The fourth-order valence-electron chi connectivity index (χ4n) is 4.18. The van der Waals surface area contributed by atoms with E-state index < -0.39 is 0 Å². The van der Waals surface area contributed by atoms with Crippen LogP contribution in [-0.4, -0.2) is 47.8 Å². The number of anilines is 1. The van der Waals surface area contributed by atoms with Crippen molar-refractivity contribution in [2.24, 2.45) is 11.8 Å². The molecule has 5 nitrogen and oxygen atoms in total. The van der Waals surface area contributed by atoms with E-state index in [1.165, 1.54) is 18.1 Å². The number of hydrogen-bond donors (Lipinski definition) is 1. The number of nitrogens with one attached hydrogen (secondary N) is 1. The van der Waals surface area contributed by atoms with Crippen molar-refractivity contribution in [1.29, 1.82) is 0 Å². The fourth-order valence-corrected chi connectivity index (χ4v) is 4.18. The van der Waals surface area contributed by atoms with E-state index in [-0.39, 0.29) is 17.7 Å². The number of benzene rings is 1. The van der Waals surface area contributed by atoms with E-state index in [2.05, 4.69) is 35.9 Å². The first-order valence-corrected chi connectivity index (χ1v) is 10.1. The van der Waals surface area contributed by atoms with Gasteiger partial charge in [-0.2, -0.15) is 0 Å². The molecule has 1 N–H and O–H groups in total. The van der Waals surface area contributed by atoms with E-state index in [1.54, 1.807) is 0 Å². The van der Waals surface area contributed by atoms with Crippen LogP contribution in [0, 0.1) is 11.8 Å². The minimum Gasteiger partial charge on any atom is -0.337 e. The summed E-state index contributed by atoms with van der Waals surface area (Å²) in [6, 6.07) is 8.14. The third-order valence-electron chi connectivity index (χ3n) is 5.77. The number of hydrogen-bond acceptors (Lipinski definition) is 3. The molecule has 146 valence electrons. The van der Waals surface area contributed by atoms with Crippen LogP contribution in [0.15, 0.2) is 36.9 Å². The lowest BCUT2D eigenvalue weighted by molar-refractivity contribution is -0.127. The summed E-state index contributed by atoms with van der Waals surface area (Å²) >= 11 is 0. The van der Waals surface area contributed by atoms with E-state index in [4.69, 9.17) is 0 Å². The highest BCUT2D eigenvalue weighted by Gasteiger charge is 2.25. The van der Waals surface area contributed by atoms with Crippen molar-refractivity contribution in [2.45, 2.75) is 39.2 Å². The zero-order chi connectivity index (χ0) is 19.2. The van der Waals surface area contributed by atoms with Crippen molar-refractivity contribution in [3.63, 3.8) is 0 Å². The third-order valence-corrected chi connectivity index (χ3v) is 5.77. The molecule has 1 aliphatic heterocycles. The molecular formula is C22H31N3O2. The van der Waals surface area contributed by atoms with Gasteiger partial charge in [0.25, 0.3) is 0 Å². The Labute approximate surface area is 162 Å². The summed E-state index contributed by atoms with van der Waals surface area (Å²) in [6.45, 7) is 9.82. The predicted octanol–water partition coefficient (Wildman–Crippen LogP) is 3.28. The highest BCUT2D eigenvalue weighted by molar-refractivity contribution is 5.92.